The lowest BCUT2D eigenvalue weighted by Crippen LogP contribution is -2.11. The van der Waals surface area contributed by atoms with Gasteiger partial charge in [-0.1, -0.05) is 0 Å². The minimum atomic E-state index is -2.43. The summed E-state index contributed by atoms with van der Waals surface area (Å²) in [6.45, 7) is 2.07. The van der Waals surface area contributed by atoms with Crippen LogP contribution in [0.3, 0.4) is 0 Å². The van der Waals surface area contributed by atoms with Crippen LogP contribution in [0.15, 0.2) is 18.2 Å². The van der Waals surface area contributed by atoms with E-state index in [1.807, 2.05) is 17.6 Å². The molecule has 0 atom stereocenters. The van der Waals surface area contributed by atoms with Gasteiger partial charge in [-0.05, 0) is 25.1 Å². The maximum Gasteiger partial charge on any atom is 0.261 e. The summed E-state index contributed by atoms with van der Waals surface area (Å²) in [4.78, 5) is 4.37. The molecule has 0 fully saturated rings. The maximum absolute atomic E-state index is 11.9. The molecule has 0 spiro atoms. The van der Waals surface area contributed by atoms with Gasteiger partial charge in [0.15, 0.2) is 0 Å². The van der Waals surface area contributed by atoms with Crippen LogP contribution in [-0.4, -0.2) is 29.2 Å². The average Bonchev–Trinajstić information content (AvgIpc) is 2.59. The highest BCUT2D eigenvalue weighted by Gasteiger charge is 2.08. The van der Waals surface area contributed by atoms with Crippen molar-refractivity contribution in [3.05, 3.63) is 24.0 Å². The fourth-order valence-electron chi connectivity index (χ4n) is 1.88. The Morgan fingerprint density at radius 2 is 2.22 bits per heavy atom. The number of aryl methyl sites for hydroxylation is 1. The number of imidazole rings is 1. The highest BCUT2D eigenvalue weighted by Crippen LogP contribution is 2.18. The average molecular weight is 255 g/mol. The van der Waals surface area contributed by atoms with Crippen molar-refractivity contribution in [3.8, 4) is 0 Å². The molecule has 1 heterocycles. The Labute approximate surface area is 103 Å². The van der Waals surface area contributed by atoms with Gasteiger partial charge in [0.25, 0.3) is 6.43 Å². The first-order chi connectivity index (χ1) is 8.58. The van der Waals surface area contributed by atoms with E-state index in [4.69, 9.17) is 10.5 Å². The first kappa shape index (κ1) is 12.8. The molecule has 1 aromatic carbocycles. The number of hydrogen-bond acceptors (Lipinski definition) is 3. The van der Waals surface area contributed by atoms with Gasteiger partial charge >= 0.3 is 0 Å². The lowest BCUT2D eigenvalue weighted by molar-refractivity contribution is 0.0149. The largest absolute Gasteiger partial charge is 0.399 e. The summed E-state index contributed by atoms with van der Waals surface area (Å²) in [7, 11) is 0. The van der Waals surface area contributed by atoms with Crippen molar-refractivity contribution in [3.63, 3.8) is 0 Å². The van der Waals surface area contributed by atoms with E-state index >= 15 is 0 Å². The van der Waals surface area contributed by atoms with Crippen LogP contribution < -0.4 is 5.73 Å². The van der Waals surface area contributed by atoms with Gasteiger partial charge in [-0.3, -0.25) is 0 Å². The second-order valence-corrected chi connectivity index (χ2v) is 4.02. The second-order valence-electron chi connectivity index (χ2n) is 4.02. The SMILES string of the molecule is Cc1nc2cc(N)ccc2n1CCOCC(F)F. The zero-order valence-corrected chi connectivity index (χ0v) is 10.1. The number of aromatic nitrogens is 2. The molecule has 2 N–H and O–H groups in total. The molecule has 0 aliphatic rings. The van der Waals surface area contributed by atoms with Gasteiger partial charge in [0.1, 0.15) is 12.4 Å². The van der Waals surface area contributed by atoms with Crippen LogP contribution in [0.4, 0.5) is 14.5 Å². The van der Waals surface area contributed by atoms with Crippen LogP contribution in [0, 0.1) is 6.92 Å². The van der Waals surface area contributed by atoms with Gasteiger partial charge in [-0.2, -0.15) is 0 Å². The molecule has 4 nitrogen and oxygen atoms in total. The summed E-state index contributed by atoms with van der Waals surface area (Å²) in [5.74, 6) is 0.816. The molecule has 0 saturated heterocycles. The summed E-state index contributed by atoms with van der Waals surface area (Å²) in [6.07, 6.45) is -2.43. The Morgan fingerprint density at radius 1 is 1.44 bits per heavy atom. The number of nitrogens with two attached hydrogens (primary N) is 1. The number of rotatable bonds is 5. The molecule has 18 heavy (non-hydrogen) atoms. The number of anilines is 1. The van der Waals surface area contributed by atoms with Crippen molar-refractivity contribution < 1.29 is 13.5 Å². The Hall–Kier alpha value is -1.69. The molecule has 98 valence electrons. The standard InChI is InChI=1S/C12H15F2N3O/c1-8-16-10-6-9(15)2-3-11(10)17(8)4-5-18-7-12(13)14/h2-3,6,12H,4-5,7,15H2,1H3. The van der Waals surface area contributed by atoms with Crippen molar-refractivity contribution in [1.82, 2.24) is 9.55 Å². The number of hydrogen-bond donors (Lipinski definition) is 1. The summed E-state index contributed by atoms with van der Waals surface area (Å²) < 4.78 is 30.6. The Kier molecular flexibility index (Phi) is 3.76. The molecule has 0 amide bonds. The van der Waals surface area contributed by atoms with E-state index in [0.29, 0.717) is 12.2 Å². The molecule has 6 heteroatoms. The number of benzene rings is 1. The molecule has 2 rings (SSSR count). The smallest absolute Gasteiger partial charge is 0.261 e. The first-order valence-corrected chi connectivity index (χ1v) is 5.66. The molecule has 1 aromatic heterocycles. The van der Waals surface area contributed by atoms with Gasteiger partial charge in [0, 0.05) is 12.2 Å². The number of nitrogens with zero attached hydrogens (tertiary/aromatic N) is 2. The third kappa shape index (κ3) is 2.76. The molecule has 0 bridgehead atoms. The molecule has 2 aromatic rings. The van der Waals surface area contributed by atoms with Crippen LogP contribution in [-0.2, 0) is 11.3 Å². The van der Waals surface area contributed by atoms with Crippen LogP contribution in [0.5, 0.6) is 0 Å². The van der Waals surface area contributed by atoms with Gasteiger partial charge in [-0.15, -0.1) is 0 Å². The summed E-state index contributed by atoms with van der Waals surface area (Å²) >= 11 is 0. The predicted molar refractivity (Wildman–Crippen MR) is 65.7 cm³/mol. The Bertz CT molecular complexity index is 539. The van der Waals surface area contributed by atoms with Gasteiger partial charge in [-0.25, -0.2) is 13.8 Å². The molecule has 0 aliphatic carbocycles. The monoisotopic (exact) mass is 255 g/mol. The van der Waals surface area contributed by atoms with E-state index in [9.17, 15) is 8.78 Å². The van der Waals surface area contributed by atoms with E-state index in [1.165, 1.54) is 0 Å². The fourth-order valence-corrected chi connectivity index (χ4v) is 1.88. The van der Waals surface area contributed by atoms with Gasteiger partial charge in [0.2, 0.25) is 0 Å². The third-order valence-electron chi connectivity index (χ3n) is 2.67. The quantitative estimate of drug-likeness (QED) is 0.658. The highest BCUT2D eigenvalue weighted by molar-refractivity contribution is 5.79. The summed E-state index contributed by atoms with van der Waals surface area (Å²) in [5, 5.41) is 0. The van der Waals surface area contributed by atoms with Gasteiger partial charge in [0.05, 0.1) is 17.6 Å². The minimum absolute atomic E-state index is 0.237. The predicted octanol–water partition coefficient (Wildman–Crippen LogP) is 2.21. The van der Waals surface area contributed by atoms with Crippen LogP contribution >= 0.6 is 0 Å². The molecule has 0 aliphatic heterocycles. The summed E-state index contributed by atoms with van der Waals surface area (Å²) in [6, 6.07) is 5.45. The van der Waals surface area contributed by atoms with Crippen molar-refractivity contribution in [2.45, 2.75) is 19.9 Å². The zero-order valence-electron chi connectivity index (χ0n) is 10.1. The first-order valence-electron chi connectivity index (χ1n) is 5.66. The van der Waals surface area contributed by atoms with E-state index in [0.717, 1.165) is 16.9 Å². The number of nitrogen functional groups attached to an aromatic ring is 1. The number of halogens is 2. The lowest BCUT2D eigenvalue weighted by Gasteiger charge is -2.07. The fraction of sp³-hybridized carbons (Fsp3) is 0.417. The van der Waals surface area contributed by atoms with E-state index in [-0.39, 0.29) is 6.61 Å². The normalized spacial score (nSPS) is 11.6. The minimum Gasteiger partial charge on any atom is -0.399 e. The van der Waals surface area contributed by atoms with Crippen LogP contribution in [0.1, 0.15) is 5.82 Å². The highest BCUT2D eigenvalue weighted by atomic mass is 19.3. The van der Waals surface area contributed by atoms with Crippen molar-refractivity contribution >= 4 is 16.7 Å². The molecular weight excluding hydrogens is 240 g/mol. The molecule has 0 radical (unpaired) electrons. The second kappa shape index (κ2) is 5.30. The topological polar surface area (TPSA) is 53.1 Å². The van der Waals surface area contributed by atoms with E-state index < -0.39 is 13.0 Å². The number of ether oxygens (including phenoxy) is 1. The van der Waals surface area contributed by atoms with Crippen molar-refractivity contribution in [2.75, 3.05) is 18.9 Å². The maximum atomic E-state index is 11.9. The van der Waals surface area contributed by atoms with Gasteiger partial charge < -0.3 is 15.0 Å². The van der Waals surface area contributed by atoms with E-state index in [2.05, 4.69) is 4.98 Å². The Morgan fingerprint density at radius 3 is 2.94 bits per heavy atom. The lowest BCUT2D eigenvalue weighted by atomic mass is 10.3. The molecule has 0 unspecified atom stereocenters. The Balaban J connectivity index is 2.10. The number of alkyl halides is 2. The van der Waals surface area contributed by atoms with E-state index in [1.54, 1.807) is 12.1 Å². The number of fused-ring (bicyclic) bond motifs is 1. The van der Waals surface area contributed by atoms with Crippen molar-refractivity contribution in [1.29, 1.82) is 0 Å². The van der Waals surface area contributed by atoms with Crippen molar-refractivity contribution in [2.24, 2.45) is 0 Å². The molecular formula is C12H15F2N3O. The van der Waals surface area contributed by atoms with Crippen LogP contribution in [0.25, 0.3) is 11.0 Å². The molecule has 0 saturated carbocycles. The zero-order chi connectivity index (χ0) is 13.1. The summed E-state index contributed by atoms with van der Waals surface area (Å²) in [5.41, 5.74) is 8.07. The van der Waals surface area contributed by atoms with Crippen LogP contribution in [0.2, 0.25) is 0 Å². The third-order valence-corrected chi connectivity index (χ3v) is 2.67.